The summed E-state index contributed by atoms with van der Waals surface area (Å²) in [7, 11) is -2.65. The molecule has 0 saturated heterocycles. The molecule has 2 radical (unpaired) electrons. The van der Waals surface area contributed by atoms with Gasteiger partial charge in [0.15, 0.2) is 24.7 Å². The van der Waals surface area contributed by atoms with E-state index in [1.807, 2.05) is 0 Å². The summed E-state index contributed by atoms with van der Waals surface area (Å²) in [5, 5.41) is 0. The fraction of sp³-hybridized carbons (Fsp3) is 1.00. The van der Waals surface area contributed by atoms with Crippen molar-refractivity contribution in [2.45, 2.75) is 13.8 Å². The molecule has 0 aliphatic heterocycles. The molecule has 0 rings (SSSR count). The van der Waals surface area contributed by atoms with Gasteiger partial charge in [-0.05, 0) is 0 Å². The number of hydrogen-bond acceptors (Lipinski definition) is 1. The zero-order chi connectivity index (χ0) is 5.91. The van der Waals surface area contributed by atoms with Gasteiger partial charge in [-0.2, -0.15) is 0 Å². The van der Waals surface area contributed by atoms with E-state index in [-0.39, 0.29) is 44.7 Å². The van der Waals surface area contributed by atoms with Gasteiger partial charge in [-0.3, -0.25) is 4.57 Å². The molecule has 9 heavy (non-hydrogen) atoms. The van der Waals surface area contributed by atoms with Crippen LogP contribution in [0.3, 0.4) is 0 Å². The van der Waals surface area contributed by atoms with E-state index in [2.05, 4.69) is 0 Å². The summed E-state index contributed by atoms with van der Waals surface area (Å²) in [6, 6.07) is 0. The van der Waals surface area contributed by atoms with Gasteiger partial charge in [-0.25, -0.2) is 0 Å². The standard InChI is InChI=1S/C4H11O2P.Al.Pb.5H/c1-3-7(5,6)4-2;;;;;;;/h3-4H2,1-2H3,(H,5,6);;;;;;;. The molecule has 0 bridgehead atoms. The van der Waals surface area contributed by atoms with Crippen molar-refractivity contribution in [3.8, 4) is 0 Å². The van der Waals surface area contributed by atoms with E-state index in [0.717, 1.165) is 0 Å². The summed E-state index contributed by atoms with van der Waals surface area (Å²) in [6.07, 6.45) is 0.812. The van der Waals surface area contributed by atoms with E-state index in [0.29, 0.717) is 12.3 Å². The van der Waals surface area contributed by atoms with Gasteiger partial charge in [0.25, 0.3) is 0 Å². The van der Waals surface area contributed by atoms with Crippen LogP contribution in [0.5, 0.6) is 0 Å². The summed E-state index contributed by atoms with van der Waals surface area (Å²) < 4.78 is 10.5. The Labute approximate surface area is 87.2 Å². The molecule has 2 nitrogen and oxygen atoms in total. The Morgan fingerprint density at radius 2 is 1.56 bits per heavy atom. The van der Waals surface area contributed by atoms with Crippen LogP contribution >= 0.6 is 7.37 Å². The van der Waals surface area contributed by atoms with Crippen molar-refractivity contribution in [1.82, 2.24) is 0 Å². The monoisotopic (exact) mass is 362 g/mol. The Hall–Kier alpha value is 1.64. The Morgan fingerprint density at radius 3 is 1.56 bits per heavy atom. The van der Waals surface area contributed by atoms with Crippen LogP contribution in [0.1, 0.15) is 13.8 Å². The molecule has 0 atom stereocenters. The van der Waals surface area contributed by atoms with Crippen LogP contribution in [-0.4, -0.2) is 61.9 Å². The van der Waals surface area contributed by atoms with Crippen molar-refractivity contribution < 1.29 is 9.46 Å². The fourth-order valence-corrected chi connectivity index (χ4v) is 0.671. The molecule has 0 heterocycles. The van der Waals surface area contributed by atoms with E-state index in [1.165, 1.54) is 0 Å². The van der Waals surface area contributed by atoms with Gasteiger partial charge >= 0.3 is 27.3 Å². The number of hydrogen-bond donors (Lipinski definition) is 1. The van der Waals surface area contributed by atoms with Crippen LogP contribution in [0.15, 0.2) is 0 Å². The second-order valence-electron chi connectivity index (χ2n) is 1.48. The van der Waals surface area contributed by atoms with Gasteiger partial charge in [0.05, 0.1) is 0 Å². The van der Waals surface area contributed by atoms with Crippen LogP contribution < -0.4 is 0 Å². The van der Waals surface area contributed by atoms with Gasteiger partial charge < -0.3 is 4.89 Å². The molecule has 0 spiro atoms. The Kier molecular flexibility index (Phi) is 14.6. The molecule has 0 aromatic carbocycles. The van der Waals surface area contributed by atoms with Gasteiger partial charge in [-0.1, -0.05) is 13.8 Å². The summed E-state index contributed by atoms with van der Waals surface area (Å²) in [5.74, 6) is 0. The third kappa shape index (κ3) is 9.64. The quantitative estimate of drug-likeness (QED) is 0.517. The first kappa shape index (κ1) is 16.9. The van der Waals surface area contributed by atoms with Crippen molar-refractivity contribution in [2.75, 3.05) is 12.3 Å². The van der Waals surface area contributed by atoms with E-state index in [4.69, 9.17) is 4.89 Å². The van der Waals surface area contributed by atoms with E-state index < -0.39 is 7.37 Å². The molecule has 1 N–H and O–H groups in total. The molecular formula is C4H16AlO2PPb. The first-order valence-electron chi connectivity index (χ1n) is 2.43. The van der Waals surface area contributed by atoms with Crippen LogP contribution in [0.2, 0.25) is 0 Å². The first-order valence-corrected chi connectivity index (χ1v) is 4.46. The summed E-state index contributed by atoms with van der Waals surface area (Å²) in [5.41, 5.74) is 0. The van der Waals surface area contributed by atoms with E-state index >= 15 is 0 Å². The van der Waals surface area contributed by atoms with E-state index in [1.54, 1.807) is 13.8 Å². The van der Waals surface area contributed by atoms with Crippen molar-refractivity contribution in [3.63, 3.8) is 0 Å². The fourth-order valence-electron chi connectivity index (χ4n) is 0.224. The maximum absolute atomic E-state index is 10.5. The second-order valence-corrected chi connectivity index (χ2v) is 4.44. The molecule has 0 aliphatic rings. The normalized spacial score (nSPS) is 9.22. The molecule has 0 unspecified atom stereocenters. The summed E-state index contributed by atoms with van der Waals surface area (Å²) in [6.45, 7) is 3.45. The molecule has 0 aliphatic carbocycles. The van der Waals surface area contributed by atoms with Crippen LogP contribution in [0, 0.1) is 0 Å². The zero-order valence-corrected chi connectivity index (χ0v) is 11.8. The summed E-state index contributed by atoms with van der Waals surface area (Å²) >= 11 is 0. The average Bonchev–Trinajstić information content (AvgIpc) is 1.68. The number of rotatable bonds is 2. The van der Waals surface area contributed by atoms with Crippen molar-refractivity contribution in [1.29, 1.82) is 0 Å². The van der Waals surface area contributed by atoms with Crippen LogP contribution in [0.4, 0.5) is 0 Å². The van der Waals surface area contributed by atoms with Crippen molar-refractivity contribution in [3.05, 3.63) is 0 Å². The summed E-state index contributed by atoms with van der Waals surface area (Å²) in [4.78, 5) is 8.69. The minimum absolute atomic E-state index is 0. The Bertz CT molecular complexity index is 90.6. The Balaban J connectivity index is -0.000000180. The molecule has 0 amide bonds. The molecule has 0 fully saturated rings. The SMILES string of the molecule is CCP(=O)(O)CC.[AlH3].[PbH2]. The predicted octanol–water partition coefficient (Wildman–Crippen LogP) is -0.804. The predicted molar refractivity (Wildman–Crippen MR) is 49.4 cm³/mol. The van der Waals surface area contributed by atoms with Gasteiger partial charge in [0.2, 0.25) is 0 Å². The molecule has 0 aromatic rings. The van der Waals surface area contributed by atoms with Crippen molar-refractivity contribution in [2.24, 2.45) is 0 Å². The molecule has 0 saturated carbocycles. The van der Waals surface area contributed by atoms with Gasteiger partial charge in [0, 0.05) is 12.3 Å². The molecule has 56 valence electrons. The molecular weight excluding hydrogens is 345 g/mol. The Morgan fingerprint density at radius 1 is 1.33 bits per heavy atom. The topological polar surface area (TPSA) is 37.3 Å². The van der Waals surface area contributed by atoms with Crippen molar-refractivity contribution >= 4 is 52.0 Å². The zero-order valence-electron chi connectivity index (χ0n) is 5.42. The third-order valence-corrected chi connectivity index (χ3v) is 2.96. The first-order chi connectivity index (χ1) is 3.12. The maximum atomic E-state index is 10.5. The molecule has 0 aromatic heterocycles. The van der Waals surface area contributed by atoms with Crippen LogP contribution in [0.25, 0.3) is 0 Å². The van der Waals surface area contributed by atoms with E-state index in [9.17, 15) is 4.57 Å². The molecule has 5 heteroatoms. The van der Waals surface area contributed by atoms with Gasteiger partial charge in [0.1, 0.15) is 0 Å². The van der Waals surface area contributed by atoms with Gasteiger partial charge in [-0.15, -0.1) is 0 Å². The van der Waals surface area contributed by atoms with Crippen LogP contribution in [-0.2, 0) is 4.57 Å². The second kappa shape index (κ2) is 7.75. The average molecular weight is 361 g/mol. The minimum atomic E-state index is -2.65. The third-order valence-electron chi connectivity index (χ3n) is 0.988.